The molecule has 3 aromatic rings. The van der Waals surface area contributed by atoms with E-state index in [1.54, 1.807) is 0 Å². The average molecular weight is 456 g/mol. The van der Waals surface area contributed by atoms with Gasteiger partial charge in [0, 0.05) is 18.8 Å². The third kappa shape index (κ3) is 7.46. The van der Waals surface area contributed by atoms with Crippen LogP contribution in [0.4, 0.5) is 10.5 Å². The Labute approximate surface area is 204 Å². The maximum Gasteiger partial charge on any atom is 0.322 e. The molecule has 0 saturated carbocycles. The van der Waals surface area contributed by atoms with Crippen molar-refractivity contribution in [2.75, 3.05) is 31.5 Å². The lowest BCUT2D eigenvalue weighted by Gasteiger charge is -2.32. The van der Waals surface area contributed by atoms with Crippen molar-refractivity contribution in [2.45, 2.75) is 39.2 Å². The van der Waals surface area contributed by atoms with E-state index in [0.717, 1.165) is 55.3 Å². The Balaban J connectivity index is 1.27. The van der Waals surface area contributed by atoms with Crippen LogP contribution in [0, 0.1) is 12.8 Å². The maximum absolute atomic E-state index is 13.1. The summed E-state index contributed by atoms with van der Waals surface area (Å²) in [5, 5.41) is 3.09. The van der Waals surface area contributed by atoms with Gasteiger partial charge in [-0.15, -0.1) is 0 Å². The van der Waals surface area contributed by atoms with Crippen molar-refractivity contribution in [2.24, 2.45) is 5.92 Å². The van der Waals surface area contributed by atoms with E-state index in [1.807, 2.05) is 54.3 Å². The highest BCUT2D eigenvalue weighted by Crippen LogP contribution is 2.22. The van der Waals surface area contributed by atoms with Crippen molar-refractivity contribution in [1.82, 2.24) is 9.80 Å². The molecule has 4 nitrogen and oxygen atoms in total. The van der Waals surface area contributed by atoms with Crippen LogP contribution in [0.5, 0.6) is 0 Å². The zero-order valence-electron chi connectivity index (χ0n) is 20.3. The Morgan fingerprint density at radius 1 is 0.912 bits per heavy atom. The molecule has 3 aromatic carbocycles. The highest BCUT2D eigenvalue weighted by Gasteiger charge is 2.20. The SMILES string of the molecule is Cc1cccc(NC(=O)N(CCCN2CCC(Cc3ccccc3)CC2)Cc2ccccc2)c1. The second-order valence-corrected chi connectivity index (χ2v) is 9.54. The van der Waals surface area contributed by atoms with E-state index in [9.17, 15) is 4.79 Å². The molecule has 4 heteroatoms. The molecule has 1 heterocycles. The van der Waals surface area contributed by atoms with Crippen LogP contribution in [-0.2, 0) is 13.0 Å². The van der Waals surface area contributed by atoms with Gasteiger partial charge < -0.3 is 15.1 Å². The first-order valence-corrected chi connectivity index (χ1v) is 12.6. The topological polar surface area (TPSA) is 35.6 Å². The standard InChI is InChI=1S/C30H37N3O/c1-25-10-8-15-29(22-25)31-30(34)33(24-28-13-6-3-7-14-28)19-9-18-32-20-16-27(17-21-32)23-26-11-4-2-5-12-26/h2-8,10-15,22,27H,9,16-21,23-24H2,1H3,(H,31,34). The van der Waals surface area contributed by atoms with Crippen LogP contribution in [0.3, 0.4) is 0 Å². The molecule has 0 aromatic heterocycles. The zero-order chi connectivity index (χ0) is 23.6. The van der Waals surface area contributed by atoms with E-state index in [4.69, 9.17) is 0 Å². The van der Waals surface area contributed by atoms with Gasteiger partial charge in [0.2, 0.25) is 0 Å². The molecule has 1 aliphatic heterocycles. The van der Waals surface area contributed by atoms with E-state index in [2.05, 4.69) is 52.7 Å². The Morgan fingerprint density at radius 3 is 2.26 bits per heavy atom. The van der Waals surface area contributed by atoms with E-state index in [-0.39, 0.29) is 6.03 Å². The number of carbonyl (C=O) groups is 1. The summed E-state index contributed by atoms with van der Waals surface area (Å²) < 4.78 is 0. The van der Waals surface area contributed by atoms with Crippen LogP contribution < -0.4 is 5.32 Å². The monoisotopic (exact) mass is 455 g/mol. The van der Waals surface area contributed by atoms with Crippen molar-refractivity contribution in [3.05, 3.63) is 102 Å². The van der Waals surface area contributed by atoms with Crippen LogP contribution in [0.1, 0.15) is 36.0 Å². The van der Waals surface area contributed by atoms with Crippen LogP contribution in [-0.4, -0.2) is 42.0 Å². The summed E-state index contributed by atoms with van der Waals surface area (Å²) in [5.74, 6) is 0.785. The van der Waals surface area contributed by atoms with Crippen molar-refractivity contribution in [1.29, 1.82) is 0 Å². The van der Waals surface area contributed by atoms with Gasteiger partial charge in [-0.05, 0) is 87.0 Å². The molecule has 34 heavy (non-hydrogen) atoms. The summed E-state index contributed by atoms with van der Waals surface area (Å²) in [6.45, 7) is 6.77. The van der Waals surface area contributed by atoms with Gasteiger partial charge in [-0.2, -0.15) is 0 Å². The molecular weight excluding hydrogens is 418 g/mol. The number of hydrogen-bond acceptors (Lipinski definition) is 2. The van der Waals surface area contributed by atoms with Gasteiger partial charge >= 0.3 is 6.03 Å². The van der Waals surface area contributed by atoms with E-state index < -0.39 is 0 Å². The van der Waals surface area contributed by atoms with Gasteiger partial charge in [0.15, 0.2) is 0 Å². The lowest BCUT2D eigenvalue weighted by Crippen LogP contribution is -2.39. The maximum atomic E-state index is 13.1. The smallest absolute Gasteiger partial charge is 0.320 e. The fourth-order valence-corrected chi connectivity index (χ4v) is 4.83. The summed E-state index contributed by atoms with van der Waals surface area (Å²) in [6.07, 6.45) is 4.70. The number of nitrogens with one attached hydrogen (secondary N) is 1. The van der Waals surface area contributed by atoms with Gasteiger partial charge in [0.1, 0.15) is 0 Å². The van der Waals surface area contributed by atoms with Crippen molar-refractivity contribution >= 4 is 11.7 Å². The van der Waals surface area contributed by atoms with Crippen LogP contribution in [0.15, 0.2) is 84.9 Å². The first kappa shape index (κ1) is 24.0. The van der Waals surface area contributed by atoms with Crippen molar-refractivity contribution in [3.63, 3.8) is 0 Å². The second kappa shape index (κ2) is 12.4. The zero-order valence-corrected chi connectivity index (χ0v) is 20.3. The molecule has 2 amide bonds. The molecule has 1 N–H and O–H groups in total. The highest BCUT2D eigenvalue weighted by atomic mass is 16.2. The Morgan fingerprint density at radius 2 is 1.59 bits per heavy atom. The number of piperidine rings is 1. The Kier molecular flexibility index (Phi) is 8.75. The number of urea groups is 1. The van der Waals surface area contributed by atoms with E-state index in [1.165, 1.54) is 24.8 Å². The largest absolute Gasteiger partial charge is 0.322 e. The van der Waals surface area contributed by atoms with Gasteiger partial charge in [-0.3, -0.25) is 0 Å². The Bertz CT molecular complexity index is 1010. The molecule has 0 spiro atoms. The summed E-state index contributed by atoms with van der Waals surface area (Å²) in [4.78, 5) is 17.6. The fraction of sp³-hybridized carbons (Fsp3) is 0.367. The first-order valence-electron chi connectivity index (χ1n) is 12.6. The quantitative estimate of drug-likeness (QED) is 0.407. The number of carbonyl (C=O) groups excluding carboxylic acids is 1. The number of rotatable bonds is 9. The van der Waals surface area contributed by atoms with Gasteiger partial charge in [-0.1, -0.05) is 72.8 Å². The average Bonchev–Trinajstić information content (AvgIpc) is 2.86. The number of aryl methyl sites for hydroxylation is 1. The molecular formula is C30H37N3O. The molecule has 0 aliphatic carbocycles. The first-order chi connectivity index (χ1) is 16.7. The Hall–Kier alpha value is -3.11. The summed E-state index contributed by atoms with van der Waals surface area (Å²) >= 11 is 0. The minimum absolute atomic E-state index is 0.0315. The molecule has 178 valence electrons. The van der Waals surface area contributed by atoms with Crippen molar-refractivity contribution < 1.29 is 4.79 Å². The fourth-order valence-electron chi connectivity index (χ4n) is 4.83. The summed E-state index contributed by atoms with van der Waals surface area (Å²) in [5.41, 5.74) is 4.60. The van der Waals surface area contributed by atoms with E-state index >= 15 is 0 Å². The molecule has 1 aliphatic rings. The molecule has 0 bridgehead atoms. The minimum Gasteiger partial charge on any atom is -0.320 e. The number of amides is 2. The van der Waals surface area contributed by atoms with Crippen LogP contribution in [0.25, 0.3) is 0 Å². The normalized spacial score (nSPS) is 14.6. The third-order valence-electron chi connectivity index (χ3n) is 6.75. The highest BCUT2D eigenvalue weighted by molar-refractivity contribution is 5.89. The lowest BCUT2D eigenvalue weighted by atomic mass is 9.90. The summed E-state index contributed by atoms with van der Waals surface area (Å²) in [7, 11) is 0. The minimum atomic E-state index is -0.0315. The van der Waals surface area contributed by atoms with Gasteiger partial charge in [0.25, 0.3) is 0 Å². The molecule has 1 saturated heterocycles. The molecule has 0 unspecified atom stereocenters. The van der Waals surface area contributed by atoms with Crippen LogP contribution >= 0.6 is 0 Å². The van der Waals surface area contributed by atoms with E-state index in [0.29, 0.717) is 6.54 Å². The molecule has 1 fully saturated rings. The van der Waals surface area contributed by atoms with Gasteiger partial charge in [0.05, 0.1) is 0 Å². The number of benzene rings is 3. The number of likely N-dealkylation sites (tertiary alicyclic amines) is 1. The molecule has 0 radical (unpaired) electrons. The molecule has 0 atom stereocenters. The number of anilines is 1. The third-order valence-corrected chi connectivity index (χ3v) is 6.75. The number of nitrogens with zero attached hydrogens (tertiary/aromatic N) is 2. The second-order valence-electron chi connectivity index (χ2n) is 9.54. The summed E-state index contributed by atoms with van der Waals surface area (Å²) in [6, 6.07) is 29.1. The number of hydrogen-bond donors (Lipinski definition) is 1. The predicted octanol–water partition coefficient (Wildman–Crippen LogP) is 6.37. The lowest BCUT2D eigenvalue weighted by molar-refractivity contribution is 0.170. The van der Waals surface area contributed by atoms with Crippen LogP contribution in [0.2, 0.25) is 0 Å². The van der Waals surface area contributed by atoms with Gasteiger partial charge in [-0.25, -0.2) is 4.79 Å². The predicted molar refractivity (Wildman–Crippen MR) is 141 cm³/mol. The molecule has 4 rings (SSSR count). The van der Waals surface area contributed by atoms with Crippen molar-refractivity contribution in [3.8, 4) is 0 Å².